The third kappa shape index (κ3) is 4.35. The summed E-state index contributed by atoms with van der Waals surface area (Å²) in [6.07, 6.45) is 0. The fourth-order valence-electron chi connectivity index (χ4n) is 8.29. The molecule has 0 unspecified atom stereocenters. The molecular formula is C48H32N4S. The molecule has 0 fully saturated rings. The first-order chi connectivity index (χ1) is 27.4. The lowest BCUT2D eigenvalue weighted by Gasteiger charge is -2.43. The Kier molecular flexibility index (Phi) is 5.88. The fourth-order valence-corrected chi connectivity index (χ4v) is 9.55. The van der Waals surface area contributed by atoms with Crippen molar-refractivity contribution < 1.29 is 4.11 Å². The molecule has 10 aromatic rings. The fraction of sp³-hybridized carbons (Fsp3) is 0.0417. The van der Waals surface area contributed by atoms with Crippen molar-refractivity contribution in [3.05, 3.63) is 169 Å². The van der Waals surface area contributed by atoms with Gasteiger partial charge < -0.3 is 0 Å². The number of hydrazine groups is 1. The maximum absolute atomic E-state index is 8.66. The minimum atomic E-state index is -2.41. The third-order valence-electron chi connectivity index (χ3n) is 10.6. The van der Waals surface area contributed by atoms with Crippen LogP contribution in [0.15, 0.2) is 158 Å². The van der Waals surface area contributed by atoms with E-state index < -0.39 is 6.85 Å². The molecule has 1 aliphatic rings. The lowest BCUT2D eigenvalue weighted by molar-refractivity contribution is 0.932. The van der Waals surface area contributed by atoms with Crippen molar-refractivity contribution >= 4 is 87.0 Å². The van der Waals surface area contributed by atoms with Crippen LogP contribution in [0.3, 0.4) is 0 Å². The van der Waals surface area contributed by atoms with Crippen LogP contribution >= 0.6 is 11.3 Å². The van der Waals surface area contributed by atoms with Gasteiger partial charge in [-0.1, -0.05) is 133 Å². The average molecular weight is 700 g/mol. The summed E-state index contributed by atoms with van der Waals surface area (Å²) in [5.74, 6) is 0.380. The van der Waals surface area contributed by atoms with Crippen LogP contribution < -0.4 is 10.0 Å². The van der Waals surface area contributed by atoms with Crippen molar-refractivity contribution in [1.29, 1.82) is 0 Å². The lowest BCUT2D eigenvalue weighted by Crippen LogP contribution is -2.40. The van der Waals surface area contributed by atoms with Gasteiger partial charge in [-0.15, -0.1) is 11.3 Å². The van der Waals surface area contributed by atoms with Crippen LogP contribution in [0.25, 0.3) is 75.0 Å². The van der Waals surface area contributed by atoms with Gasteiger partial charge in [-0.3, -0.25) is 0 Å². The second kappa shape index (κ2) is 11.5. The van der Waals surface area contributed by atoms with Crippen molar-refractivity contribution in [2.75, 3.05) is 10.0 Å². The van der Waals surface area contributed by atoms with Crippen LogP contribution in [0.2, 0.25) is 0 Å². The van der Waals surface area contributed by atoms with E-state index >= 15 is 0 Å². The van der Waals surface area contributed by atoms with E-state index in [1.807, 2.05) is 36.4 Å². The summed E-state index contributed by atoms with van der Waals surface area (Å²) < 4.78 is 28.3. The number of aryl methyl sites for hydroxylation is 2. The van der Waals surface area contributed by atoms with Gasteiger partial charge in [0.1, 0.15) is 0 Å². The lowest BCUT2D eigenvalue weighted by atomic mass is 9.87. The molecule has 11 rings (SSSR count). The number of nitrogens with zero attached hydrogens (tertiary/aromatic N) is 4. The number of fused-ring (bicyclic) bond motifs is 13. The van der Waals surface area contributed by atoms with Crippen molar-refractivity contribution in [3.8, 4) is 22.4 Å². The van der Waals surface area contributed by atoms with Crippen LogP contribution in [0.4, 0.5) is 23.0 Å². The quantitative estimate of drug-likeness (QED) is 0.184. The second-order valence-electron chi connectivity index (χ2n) is 13.6. The summed E-state index contributed by atoms with van der Waals surface area (Å²) in [6, 6.07) is 54.2. The summed E-state index contributed by atoms with van der Waals surface area (Å²) in [6.45, 7) is -0.342. The summed E-state index contributed by atoms with van der Waals surface area (Å²) >= 11 is 1.77. The number of benzene rings is 8. The molecule has 1 aliphatic heterocycles. The maximum atomic E-state index is 8.66. The summed E-state index contributed by atoms with van der Waals surface area (Å²) in [5.41, 5.74) is 8.28. The Labute approximate surface area is 315 Å². The summed E-state index contributed by atoms with van der Waals surface area (Å²) in [7, 11) is 0. The Morgan fingerprint density at radius 3 is 2.09 bits per heavy atom. The predicted octanol–water partition coefficient (Wildman–Crippen LogP) is 13.5. The summed E-state index contributed by atoms with van der Waals surface area (Å²) in [4.78, 5) is 10.9. The minimum absolute atomic E-state index is 0.189. The van der Waals surface area contributed by atoms with Crippen LogP contribution in [0, 0.1) is 13.8 Å². The SMILES string of the molecule is [2H]C([2H])([2H])c1cccc2c(-c3ccccc3C)nc(N3c4c(c5ccccc5c5c4sc4ccccc45)-c4c(ccc5ccccc45)N3c3ccccc3)nc12. The van der Waals surface area contributed by atoms with Crippen LogP contribution in [-0.2, 0) is 0 Å². The van der Waals surface area contributed by atoms with Crippen molar-refractivity contribution in [3.63, 3.8) is 0 Å². The zero-order valence-electron chi connectivity index (χ0n) is 31.7. The molecule has 0 saturated carbocycles. The summed E-state index contributed by atoms with van der Waals surface area (Å²) in [5, 5.41) is 12.0. The molecule has 2 aromatic heterocycles. The molecule has 0 aliphatic carbocycles. The highest BCUT2D eigenvalue weighted by atomic mass is 32.1. The molecule has 250 valence electrons. The van der Waals surface area contributed by atoms with Crippen molar-refractivity contribution in [2.45, 2.75) is 13.8 Å². The molecule has 5 heteroatoms. The third-order valence-corrected chi connectivity index (χ3v) is 11.8. The maximum Gasteiger partial charge on any atom is 0.251 e. The second-order valence-corrected chi connectivity index (χ2v) is 14.7. The number of rotatable bonds is 3. The molecule has 8 aromatic carbocycles. The number of anilines is 4. The Bertz CT molecular complexity index is 3230. The molecular weight excluding hydrogens is 665 g/mol. The smallest absolute Gasteiger partial charge is 0.246 e. The predicted molar refractivity (Wildman–Crippen MR) is 225 cm³/mol. The molecule has 0 amide bonds. The van der Waals surface area contributed by atoms with E-state index in [1.165, 1.54) is 20.9 Å². The first-order valence-electron chi connectivity index (χ1n) is 19.3. The molecule has 0 saturated heterocycles. The number of hydrogen-bond acceptors (Lipinski definition) is 5. The van der Waals surface area contributed by atoms with Gasteiger partial charge in [0, 0.05) is 41.7 Å². The Morgan fingerprint density at radius 1 is 0.547 bits per heavy atom. The highest BCUT2D eigenvalue weighted by Gasteiger charge is 2.38. The molecule has 0 bridgehead atoms. The van der Waals surface area contributed by atoms with E-state index in [1.54, 1.807) is 23.5 Å². The highest BCUT2D eigenvalue weighted by Crippen LogP contribution is 2.59. The molecule has 0 N–H and O–H groups in total. The van der Waals surface area contributed by atoms with Gasteiger partial charge in [-0.25, -0.2) is 20.0 Å². The topological polar surface area (TPSA) is 32.3 Å². The van der Waals surface area contributed by atoms with Gasteiger partial charge in [0.15, 0.2) is 0 Å². The monoisotopic (exact) mass is 699 g/mol. The van der Waals surface area contributed by atoms with E-state index in [9.17, 15) is 0 Å². The molecule has 3 heterocycles. The van der Waals surface area contributed by atoms with Crippen LogP contribution in [0.1, 0.15) is 15.2 Å². The first kappa shape index (κ1) is 27.1. The molecule has 0 atom stereocenters. The first-order valence-corrected chi connectivity index (χ1v) is 18.6. The number of hydrogen-bond donors (Lipinski definition) is 0. The number of thiophene rings is 1. The zero-order valence-corrected chi connectivity index (χ0v) is 29.5. The average Bonchev–Trinajstić information content (AvgIpc) is 3.62. The Balaban J connectivity index is 1.38. The van der Waals surface area contributed by atoms with Gasteiger partial charge in [0.05, 0.1) is 33.0 Å². The van der Waals surface area contributed by atoms with E-state index in [0.717, 1.165) is 60.2 Å². The number of aromatic nitrogens is 2. The number of para-hydroxylation sites is 2. The molecule has 0 spiro atoms. The van der Waals surface area contributed by atoms with Crippen LogP contribution in [0.5, 0.6) is 0 Å². The Morgan fingerprint density at radius 2 is 1.25 bits per heavy atom. The molecule has 53 heavy (non-hydrogen) atoms. The largest absolute Gasteiger partial charge is 0.251 e. The van der Waals surface area contributed by atoms with Crippen molar-refractivity contribution in [1.82, 2.24) is 9.97 Å². The normalized spacial score (nSPS) is 13.7. The van der Waals surface area contributed by atoms with E-state index in [0.29, 0.717) is 22.5 Å². The van der Waals surface area contributed by atoms with E-state index in [2.05, 4.69) is 126 Å². The van der Waals surface area contributed by atoms with Gasteiger partial charge in [-0.05, 0) is 70.7 Å². The minimum Gasteiger partial charge on any atom is -0.246 e. The zero-order chi connectivity index (χ0) is 37.7. The molecule has 4 nitrogen and oxygen atoms in total. The van der Waals surface area contributed by atoms with E-state index in [4.69, 9.17) is 14.1 Å². The van der Waals surface area contributed by atoms with Gasteiger partial charge in [0.2, 0.25) is 0 Å². The standard InChI is InChI=1S/C48H32N4S/c1-29-15-6-8-20-33(29)45-38-25-14-16-30(2)44(38)49-48(50-45)52-46-43(36-23-11-10-22-35(36)41-37-24-12-13-26-40(37)53-47(41)46)42-34-21-9-7-17-31(34)27-28-39(42)51(52)32-18-4-3-5-19-32/h3-28H,1-2H3/i2D3. The Hall–Kier alpha value is -6.56. The van der Waals surface area contributed by atoms with Gasteiger partial charge in [-0.2, -0.15) is 0 Å². The van der Waals surface area contributed by atoms with Gasteiger partial charge in [0.25, 0.3) is 5.95 Å². The van der Waals surface area contributed by atoms with E-state index in [-0.39, 0.29) is 5.56 Å². The van der Waals surface area contributed by atoms with Crippen molar-refractivity contribution in [2.24, 2.45) is 0 Å². The molecule has 0 radical (unpaired) electrons. The highest BCUT2D eigenvalue weighted by molar-refractivity contribution is 7.26. The van der Waals surface area contributed by atoms with Gasteiger partial charge >= 0.3 is 0 Å². The van der Waals surface area contributed by atoms with Crippen LogP contribution in [-0.4, -0.2) is 9.97 Å².